The van der Waals surface area contributed by atoms with Crippen LogP contribution < -0.4 is 5.73 Å². The molecule has 1 fully saturated rings. The zero-order chi connectivity index (χ0) is 13.7. The van der Waals surface area contributed by atoms with E-state index in [0.29, 0.717) is 0 Å². The zero-order valence-corrected chi connectivity index (χ0v) is 11.8. The summed E-state index contributed by atoms with van der Waals surface area (Å²) in [6.45, 7) is 4.50. The third-order valence-electron chi connectivity index (χ3n) is 3.44. The lowest BCUT2D eigenvalue weighted by molar-refractivity contribution is -0.129. The first-order valence-electron chi connectivity index (χ1n) is 6.63. The molecule has 0 atom stereocenters. The predicted molar refractivity (Wildman–Crippen MR) is 77.0 cm³/mol. The Labute approximate surface area is 119 Å². The Morgan fingerprint density at radius 3 is 2.58 bits per heavy atom. The average molecular weight is 282 g/mol. The van der Waals surface area contributed by atoms with Crippen molar-refractivity contribution in [2.24, 2.45) is 5.73 Å². The largest absolute Gasteiger partial charge is 0.340 e. The van der Waals surface area contributed by atoms with E-state index in [1.807, 2.05) is 17.0 Å². The lowest BCUT2D eigenvalue weighted by Crippen LogP contribution is -2.38. The van der Waals surface area contributed by atoms with E-state index < -0.39 is 0 Å². The van der Waals surface area contributed by atoms with Gasteiger partial charge in [0, 0.05) is 37.7 Å². The van der Waals surface area contributed by atoms with Crippen LogP contribution in [0.3, 0.4) is 0 Å². The number of halogens is 1. The second kappa shape index (κ2) is 6.89. The summed E-state index contributed by atoms with van der Waals surface area (Å²) in [5.74, 6) is 0.0494. The predicted octanol–water partition coefficient (Wildman–Crippen LogP) is 1.33. The van der Waals surface area contributed by atoms with E-state index in [1.165, 1.54) is 5.56 Å². The van der Waals surface area contributed by atoms with Crippen molar-refractivity contribution in [1.29, 1.82) is 0 Å². The highest BCUT2D eigenvalue weighted by atomic mass is 35.5. The Hall–Kier alpha value is -1.10. The molecule has 1 saturated heterocycles. The van der Waals surface area contributed by atoms with Crippen LogP contribution in [0.4, 0.5) is 0 Å². The Kier molecular flexibility index (Phi) is 5.19. The maximum absolute atomic E-state index is 11.6. The standard InChI is InChI=1S/C14H20ClN3O/c15-13-4-2-12(3-5-13)11-17-6-1-7-18(9-8-17)14(19)10-16/h2-5H,1,6-11,16H2. The monoisotopic (exact) mass is 281 g/mol. The minimum Gasteiger partial charge on any atom is -0.340 e. The van der Waals surface area contributed by atoms with E-state index in [-0.39, 0.29) is 12.5 Å². The van der Waals surface area contributed by atoms with Crippen LogP contribution in [0, 0.1) is 0 Å². The van der Waals surface area contributed by atoms with E-state index >= 15 is 0 Å². The highest BCUT2D eigenvalue weighted by molar-refractivity contribution is 6.30. The van der Waals surface area contributed by atoms with Gasteiger partial charge in [-0.1, -0.05) is 23.7 Å². The minimum atomic E-state index is 0.0494. The van der Waals surface area contributed by atoms with Crippen LogP contribution >= 0.6 is 11.6 Å². The van der Waals surface area contributed by atoms with Gasteiger partial charge in [-0.15, -0.1) is 0 Å². The van der Waals surface area contributed by atoms with Gasteiger partial charge in [0.15, 0.2) is 0 Å². The summed E-state index contributed by atoms with van der Waals surface area (Å²) in [5.41, 5.74) is 6.66. The summed E-state index contributed by atoms with van der Waals surface area (Å²) >= 11 is 5.88. The molecular weight excluding hydrogens is 262 g/mol. The number of nitrogens with zero attached hydrogens (tertiary/aromatic N) is 2. The van der Waals surface area contributed by atoms with Gasteiger partial charge < -0.3 is 10.6 Å². The first-order chi connectivity index (χ1) is 9.19. The van der Waals surface area contributed by atoms with Crippen molar-refractivity contribution >= 4 is 17.5 Å². The Balaban J connectivity index is 1.89. The number of hydrogen-bond donors (Lipinski definition) is 1. The molecule has 0 unspecified atom stereocenters. The van der Waals surface area contributed by atoms with Gasteiger partial charge >= 0.3 is 0 Å². The van der Waals surface area contributed by atoms with E-state index in [1.54, 1.807) is 0 Å². The minimum absolute atomic E-state index is 0.0494. The van der Waals surface area contributed by atoms with Crippen LogP contribution in [-0.2, 0) is 11.3 Å². The highest BCUT2D eigenvalue weighted by Crippen LogP contribution is 2.13. The first-order valence-corrected chi connectivity index (χ1v) is 7.01. The van der Waals surface area contributed by atoms with Gasteiger partial charge in [0.1, 0.15) is 0 Å². The summed E-state index contributed by atoms with van der Waals surface area (Å²) in [6.07, 6.45) is 0.999. The van der Waals surface area contributed by atoms with Crippen LogP contribution in [0.1, 0.15) is 12.0 Å². The van der Waals surface area contributed by atoms with E-state index in [2.05, 4.69) is 17.0 Å². The molecule has 0 aliphatic carbocycles. The average Bonchev–Trinajstić information content (AvgIpc) is 2.66. The fraction of sp³-hybridized carbons (Fsp3) is 0.500. The Morgan fingerprint density at radius 2 is 1.89 bits per heavy atom. The molecule has 1 aliphatic rings. The second-order valence-electron chi connectivity index (χ2n) is 4.84. The highest BCUT2D eigenvalue weighted by Gasteiger charge is 2.17. The molecule has 1 aliphatic heterocycles. The van der Waals surface area contributed by atoms with Crippen LogP contribution in [0.15, 0.2) is 24.3 Å². The Bertz CT molecular complexity index is 421. The van der Waals surface area contributed by atoms with Gasteiger partial charge in [-0.2, -0.15) is 0 Å². The van der Waals surface area contributed by atoms with Crippen LogP contribution in [0.2, 0.25) is 5.02 Å². The second-order valence-corrected chi connectivity index (χ2v) is 5.28. The molecule has 19 heavy (non-hydrogen) atoms. The van der Waals surface area contributed by atoms with Gasteiger partial charge in [0.25, 0.3) is 0 Å². The first kappa shape index (κ1) is 14.3. The lowest BCUT2D eigenvalue weighted by Gasteiger charge is -2.21. The number of amides is 1. The van der Waals surface area contributed by atoms with Gasteiger partial charge in [0.05, 0.1) is 6.54 Å². The fourth-order valence-electron chi connectivity index (χ4n) is 2.36. The maximum Gasteiger partial charge on any atom is 0.236 e. The van der Waals surface area contributed by atoms with E-state index in [0.717, 1.165) is 44.2 Å². The SMILES string of the molecule is NCC(=O)N1CCCN(Cc2ccc(Cl)cc2)CC1. The summed E-state index contributed by atoms with van der Waals surface area (Å²) in [4.78, 5) is 15.8. The molecule has 104 valence electrons. The summed E-state index contributed by atoms with van der Waals surface area (Å²) in [6, 6.07) is 7.93. The molecule has 4 nitrogen and oxygen atoms in total. The number of nitrogens with two attached hydrogens (primary N) is 1. The maximum atomic E-state index is 11.6. The molecule has 1 heterocycles. The molecule has 2 N–H and O–H groups in total. The van der Waals surface area contributed by atoms with Crippen LogP contribution in [-0.4, -0.2) is 48.4 Å². The van der Waals surface area contributed by atoms with Gasteiger partial charge in [-0.3, -0.25) is 9.69 Å². The Morgan fingerprint density at radius 1 is 1.16 bits per heavy atom. The summed E-state index contributed by atoms with van der Waals surface area (Å²) in [7, 11) is 0. The molecule has 0 aromatic heterocycles. The van der Waals surface area contributed by atoms with E-state index in [9.17, 15) is 4.79 Å². The van der Waals surface area contributed by atoms with Crippen LogP contribution in [0.25, 0.3) is 0 Å². The lowest BCUT2D eigenvalue weighted by atomic mass is 10.2. The molecule has 0 radical (unpaired) electrons. The normalized spacial score (nSPS) is 17.3. The fourth-order valence-corrected chi connectivity index (χ4v) is 2.48. The zero-order valence-electron chi connectivity index (χ0n) is 11.0. The molecule has 0 spiro atoms. The van der Waals surface area contributed by atoms with Crippen molar-refractivity contribution in [1.82, 2.24) is 9.80 Å². The quantitative estimate of drug-likeness (QED) is 0.909. The molecular formula is C14H20ClN3O. The van der Waals surface area contributed by atoms with Gasteiger partial charge in [0.2, 0.25) is 5.91 Å². The summed E-state index contributed by atoms with van der Waals surface area (Å²) in [5, 5.41) is 0.763. The molecule has 1 amide bonds. The molecule has 5 heteroatoms. The topological polar surface area (TPSA) is 49.6 Å². The van der Waals surface area contributed by atoms with Crippen LogP contribution in [0.5, 0.6) is 0 Å². The number of carbonyl (C=O) groups is 1. The van der Waals surface area contributed by atoms with E-state index in [4.69, 9.17) is 17.3 Å². The molecule has 0 bridgehead atoms. The van der Waals surface area contributed by atoms with Crippen molar-refractivity contribution in [3.05, 3.63) is 34.9 Å². The number of carbonyl (C=O) groups excluding carboxylic acids is 1. The molecule has 1 aromatic rings. The van der Waals surface area contributed by atoms with Crippen molar-refractivity contribution in [3.63, 3.8) is 0 Å². The third kappa shape index (κ3) is 4.20. The van der Waals surface area contributed by atoms with Crippen molar-refractivity contribution in [3.8, 4) is 0 Å². The molecule has 1 aromatic carbocycles. The number of rotatable bonds is 3. The van der Waals surface area contributed by atoms with Crippen molar-refractivity contribution in [2.75, 3.05) is 32.7 Å². The molecule has 2 rings (SSSR count). The smallest absolute Gasteiger partial charge is 0.236 e. The van der Waals surface area contributed by atoms with Gasteiger partial charge in [-0.25, -0.2) is 0 Å². The van der Waals surface area contributed by atoms with Crippen molar-refractivity contribution < 1.29 is 4.79 Å². The van der Waals surface area contributed by atoms with Crippen molar-refractivity contribution in [2.45, 2.75) is 13.0 Å². The number of benzene rings is 1. The molecule has 0 saturated carbocycles. The van der Waals surface area contributed by atoms with Gasteiger partial charge in [-0.05, 0) is 24.1 Å². The third-order valence-corrected chi connectivity index (χ3v) is 3.69. The number of hydrogen-bond acceptors (Lipinski definition) is 3. The summed E-state index contributed by atoms with van der Waals surface area (Å²) < 4.78 is 0.